The van der Waals surface area contributed by atoms with E-state index in [4.69, 9.17) is 0 Å². The van der Waals surface area contributed by atoms with Gasteiger partial charge in [0.1, 0.15) is 7.22 Å². The monoisotopic (exact) mass is 251 g/mol. The molecule has 0 heterocycles. The highest BCUT2D eigenvalue weighted by Crippen LogP contribution is 2.24. The van der Waals surface area contributed by atoms with Gasteiger partial charge in [0.25, 0.3) is 0 Å². The van der Waals surface area contributed by atoms with Crippen molar-refractivity contribution in [2.24, 2.45) is 4.99 Å². The molecular formula is C13H21NSSi. The van der Waals surface area contributed by atoms with Gasteiger partial charge in [-0.05, 0) is 5.56 Å². The van der Waals surface area contributed by atoms with Crippen molar-refractivity contribution in [3.8, 4) is 0 Å². The number of benzene rings is 1. The van der Waals surface area contributed by atoms with E-state index in [1.54, 1.807) is 0 Å². The van der Waals surface area contributed by atoms with E-state index < -0.39 is 7.22 Å². The maximum atomic E-state index is 4.50. The van der Waals surface area contributed by atoms with Crippen LogP contribution in [-0.4, -0.2) is 25.2 Å². The number of hydrogen-bond donors (Lipinski definition) is 0. The Morgan fingerprint density at radius 2 is 1.88 bits per heavy atom. The average Bonchev–Trinajstić information content (AvgIpc) is 2.16. The minimum Gasteiger partial charge on any atom is -0.291 e. The molecule has 88 valence electrons. The van der Waals surface area contributed by atoms with Crippen LogP contribution in [0.5, 0.6) is 0 Å². The average molecular weight is 251 g/mol. The molecule has 0 radical (unpaired) electrons. The van der Waals surface area contributed by atoms with Crippen molar-refractivity contribution in [3.63, 3.8) is 0 Å². The van der Waals surface area contributed by atoms with Gasteiger partial charge in [0, 0.05) is 11.5 Å². The van der Waals surface area contributed by atoms with Gasteiger partial charge in [0.2, 0.25) is 0 Å². The van der Waals surface area contributed by atoms with Crippen molar-refractivity contribution in [1.29, 1.82) is 0 Å². The molecule has 16 heavy (non-hydrogen) atoms. The third-order valence-electron chi connectivity index (χ3n) is 1.96. The summed E-state index contributed by atoms with van der Waals surface area (Å²) in [7, 11) is -1.01. The first-order chi connectivity index (χ1) is 7.47. The van der Waals surface area contributed by atoms with E-state index >= 15 is 0 Å². The Bertz CT molecular complexity index is 330. The molecule has 0 spiro atoms. The van der Waals surface area contributed by atoms with E-state index in [2.05, 4.69) is 54.9 Å². The lowest BCUT2D eigenvalue weighted by atomic mass is 10.2. The summed E-state index contributed by atoms with van der Waals surface area (Å²) < 4.78 is 0. The molecule has 0 aliphatic rings. The summed E-state index contributed by atoms with van der Waals surface area (Å²) in [6.45, 7) is 10.3. The van der Waals surface area contributed by atoms with E-state index in [1.807, 2.05) is 24.4 Å². The molecule has 0 aromatic heterocycles. The standard InChI is InChI=1S/C13H21NSSi/c1-12(15-16(2,3)4)10-14-11-13-8-6-5-7-9-13/h5-9,11-12H,10H2,1-4H3/b14-11-. The molecule has 0 aliphatic carbocycles. The predicted molar refractivity (Wildman–Crippen MR) is 79.3 cm³/mol. The second-order valence-electron chi connectivity index (χ2n) is 4.95. The van der Waals surface area contributed by atoms with Crippen LogP contribution in [0.4, 0.5) is 0 Å². The molecule has 0 aliphatic heterocycles. The molecule has 0 bridgehead atoms. The molecule has 1 aromatic rings. The quantitative estimate of drug-likeness (QED) is 0.568. The number of rotatable bonds is 5. The highest BCUT2D eigenvalue weighted by Gasteiger charge is 2.17. The predicted octanol–water partition coefficient (Wildman–Crippen LogP) is 4.06. The molecule has 0 saturated heterocycles. The van der Waals surface area contributed by atoms with Crippen LogP contribution in [0.25, 0.3) is 0 Å². The molecule has 1 unspecified atom stereocenters. The first-order valence-corrected chi connectivity index (χ1v) is 10.8. The molecule has 1 aromatic carbocycles. The smallest absolute Gasteiger partial charge is 0.108 e. The molecule has 0 N–H and O–H groups in total. The van der Waals surface area contributed by atoms with E-state index in [1.165, 1.54) is 5.56 Å². The Morgan fingerprint density at radius 1 is 1.25 bits per heavy atom. The first kappa shape index (κ1) is 13.5. The molecule has 0 amide bonds. The van der Waals surface area contributed by atoms with Crippen molar-refractivity contribution >= 4 is 24.6 Å². The van der Waals surface area contributed by atoms with Crippen LogP contribution in [0.1, 0.15) is 12.5 Å². The lowest BCUT2D eigenvalue weighted by Crippen LogP contribution is -2.20. The third-order valence-corrected chi connectivity index (χ3v) is 6.54. The van der Waals surface area contributed by atoms with Crippen molar-refractivity contribution in [2.75, 3.05) is 6.54 Å². The zero-order chi connectivity index (χ0) is 12.0. The highest BCUT2D eigenvalue weighted by molar-refractivity contribution is 8.29. The topological polar surface area (TPSA) is 12.4 Å². The van der Waals surface area contributed by atoms with Crippen LogP contribution in [0, 0.1) is 0 Å². The van der Waals surface area contributed by atoms with Gasteiger partial charge in [0.05, 0.1) is 6.54 Å². The molecular weight excluding hydrogens is 230 g/mol. The second-order valence-corrected chi connectivity index (χ2v) is 14.6. The van der Waals surface area contributed by atoms with Gasteiger partial charge in [0.15, 0.2) is 0 Å². The van der Waals surface area contributed by atoms with Crippen molar-refractivity contribution in [3.05, 3.63) is 35.9 Å². The Balaban J connectivity index is 2.37. The van der Waals surface area contributed by atoms with Gasteiger partial charge < -0.3 is 0 Å². The maximum Gasteiger partial charge on any atom is 0.108 e. The van der Waals surface area contributed by atoms with Crippen LogP contribution < -0.4 is 0 Å². The molecule has 0 fully saturated rings. The van der Waals surface area contributed by atoms with Crippen LogP contribution >= 0.6 is 11.2 Å². The first-order valence-electron chi connectivity index (χ1n) is 5.70. The molecule has 3 heteroatoms. The molecule has 1 rings (SSSR count). The summed E-state index contributed by atoms with van der Waals surface area (Å²) in [6, 6.07) is 10.3. The van der Waals surface area contributed by atoms with Crippen LogP contribution in [0.3, 0.4) is 0 Å². The van der Waals surface area contributed by atoms with Gasteiger partial charge in [-0.25, -0.2) is 0 Å². The Labute approximate surface area is 104 Å². The fourth-order valence-electron chi connectivity index (χ4n) is 1.49. The zero-order valence-electron chi connectivity index (χ0n) is 10.6. The third kappa shape index (κ3) is 6.13. The van der Waals surface area contributed by atoms with E-state index in [-0.39, 0.29) is 0 Å². The van der Waals surface area contributed by atoms with Gasteiger partial charge >= 0.3 is 0 Å². The number of nitrogens with zero attached hydrogens (tertiary/aromatic N) is 1. The molecule has 1 atom stereocenters. The van der Waals surface area contributed by atoms with E-state index in [0.717, 1.165) is 6.54 Å². The number of aliphatic imine (C=N–C) groups is 1. The normalized spacial score (nSPS) is 14.2. The minimum absolute atomic E-state index is 0.631. The Kier molecular flexibility index (Phi) is 5.29. The fourth-order valence-corrected chi connectivity index (χ4v) is 6.70. The lowest BCUT2D eigenvalue weighted by Gasteiger charge is -2.19. The lowest BCUT2D eigenvalue weighted by molar-refractivity contribution is 0.961. The van der Waals surface area contributed by atoms with Crippen molar-refractivity contribution in [2.45, 2.75) is 31.8 Å². The summed E-state index contributed by atoms with van der Waals surface area (Å²) in [5.74, 6) is 0. The van der Waals surface area contributed by atoms with E-state index in [9.17, 15) is 0 Å². The van der Waals surface area contributed by atoms with Gasteiger partial charge in [-0.1, -0.05) is 56.9 Å². The van der Waals surface area contributed by atoms with Crippen molar-refractivity contribution in [1.82, 2.24) is 0 Å². The summed E-state index contributed by atoms with van der Waals surface area (Å²) in [5.41, 5.74) is 1.19. The molecule has 1 nitrogen and oxygen atoms in total. The molecule has 0 saturated carbocycles. The van der Waals surface area contributed by atoms with Crippen molar-refractivity contribution < 1.29 is 0 Å². The Morgan fingerprint density at radius 3 is 2.44 bits per heavy atom. The van der Waals surface area contributed by atoms with Crippen LogP contribution in [0.2, 0.25) is 19.6 Å². The highest BCUT2D eigenvalue weighted by atomic mass is 32.4. The van der Waals surface area contributed by atoms with Gasteiger partial charge in [-0.3, -0.25) is 4.99 Å². The minimum atomic E-state index is -1.01. The summed E-state index contributed by atoms with van der Waals surface area (Å²) in [5, 5.41) is 0.631. The second kappa shape index (κ2) is 6.26. The number of hydrogen-bond acceptors (Lipinski definition) is 2. The largest absolute Gasteiger partial charge is 0.291 e. The summed E-state index contributed by atoms with van der Waals surface area (Å²) >= 11 is 2.12. The summed E-state index contributed by atoms with van der Waals surface area (Å²) in [4.78, 5) is 4.50. The van der Waals surface area contributed by atoms with Gasteiger partial charge in [-0.2, -0.15) is 11.2 Å². The maximum absolute atomic E-state index is 4.50. The summed E-state index contributed by atoms with van der Waals surface area (Å²) in [6.07, 6.45) is 1.97. The van der Waals surface area contributed by atoms with Crippen LogP contribution in [-0.2, 0) is 0 Å². The zero-order valence-corrected chi connectivity index (χ0v) is 12.4. The fraction of sp³-hybridized carbons (Fsp3) is 0.462. The van der Waals surface area contributed by atoms with Gasteiger partial charge in [-0.15, -0.1) is 0 Å². The van der Waals surface area contributed by atoms with Crippen LogP contribution in [0.15, 0.2) is 35.3 Å². The Hall–Kier alpha value is -0.543. The SMILES string of the molecule is CC(C/N=C\c1ccccc1)S[Si](C)(C)C. The van der Waals surface area contributed by atoms with E-state index in [0.29, 0.717) is 5.25 Å².